The van der Waals surface area contributed by atoms with Gasteiger partial charge in [-0.05, 0) is 43.7 Å². The lowest BCUT2D eigenvalue weighted by Gasteiger charge is -2.24. The first-order valence-electron chi connectivity index (χ1n) is 6.08. The van der Waals surface area contributed by atoms with Crippen LogP contribution in [0.3, 0.4) is 0 Å². The smallest absolute Gasteiger partial charge is 0.234 e. The van der Waals surface area contributed by atoms with Gasteiger partial charge in [-0.2, -0.15) is 0 Å². The molecule has 1 aromatic heterocycles. The monoisotopic (exact) mass is 308 g/mol. The Morgan fingerprint density at radius 2 is 1.75 bits per heavy atom. The van der Waals surface area contributed by atoms with Crippen molar-refractivity contribution in [3.8, 4) is 0 Å². The number of aromatic nitrogens is 1. The van der Waals surface area contributed by atoms with Crippen molar-refractivity contribution in [2.45, 2.75) is 19.3 Å². The molecule has 3 nitrogen and oxygen atoms in total. The first-order valence-corrected chi connectivity index (χ1v) is 6.84. The van der Waals surface area contributed by atoms with Crippen molar-refractivity contribution in [1.29, 1.82) is 0 Å². The number of anilines is 1. The summed E-state index contributed by atoms with van der Waals surface area (Å²) in [5.74, 6) is -0.121. The fourth-order valence-corrected chi connectivity index (χ4v) is 1.97. The highest BCUT2D eigenvalue weighted by Crippen LogP contribution is 2.26. The van der Waals surface area contributed by atoms with E-state index < -0.39 is 5.41 Å². The number of carbonyl (C=O) groups excluding carboxylic acids is 1. The van der Waals surface area contributed by atoms with E-state index in [1.54, 1.807) is 24.3 Å². The molecule has 20 heavy (non-hydrogen) atoms. The molecule has 0 spiro atoms. The lowest BCUT2D eigenvalue weighted by atomic mass is 9.83. The quantitative estimate of drug-likeness (QED) is 0.859. The molecule has 2 aromatic rings. The van der Waals surface area contributed by atoms with Crippen LogP contribution in [0, 0.1) is 0 Å². The molecular formula is C15H14Cl2N2O. The van der Waals surface area contributed by atoms with E-state index in [1.165, 1.54) is 6.20 Å². The Morgan fingerprint density at radius 3 is 2.30 bits per heavy atom. The zero-order valence-corrected chi connectivity index (χ0v) is 12.7. The molecule has 2 rings (SSSR count). The predicted molar refractivity (Wildman–Crippen MR) is 82.4 cm³/mol. The fraction of sp³-hybridized carbons (Fsp3) is 0.200. The van der Waals surface area contributed by atoms with E-state index in [2.05, 4.69) is 10.3 Å². The number of hydrogen-bond acceptors (Lipinski definition) is 2. The van der Waals surface area contributed by atoms with Crippen LogP contribution in [-0.4, -0.2) is 10.9 Å². The van der Waals surface area contributed by atoms with Crippen LogP contribution < -0.4 is 5.32 Å². The van der Waals surface area contributed by atoms with Gasteiger partial charge in [0.25, 0.3) is 0 Å². The predicted octanol–water partition coefficient (Wildman–Crippen LogP) is 4.30. The molecule has 0 aliphatic rings. The van der Waals surface area contributed by atoms with Crippen LogP contribution in [0.1, 0.15) is 19.4 Å². The summed E-state index contributed by atoms with van der Waals surface area (Å²) in [6, 6.07) is 10.6. The standard InChI is InChI=1S/C15H14Cl2N2O/c1-15(2,10-3-5-11(16)6-4-10)14(20)19-12-7-8-13(17)18-9-12/h3-9H,1-2H3,(H,19,20). The van der Waals surface area contributed by atoms with Gasteiger partial charge in [-0.1, -0.05) is 35.3 Å². The minimum atomic E-state index is -0.676. The second-order valence-electron chi connectivity index (χ2n) is 4.96. The van der Waals surface area contributed by atoms with Gasteiger partial charge in [0.1, 0.15) is 5.15 Å². The first-order chi connectivity index (χ1) is 9.39. The lowest BCUT2D eigenvalue weighted by molar-refractivity contribution is -0.120. The van der Waals surface area contributed by atoms with Crippen LogP contribution >= 0.6 is 23.2 Å². The summed E-state index contributed by atoms with van der Waals surface area (Å²) >= 11 is 11.6. The van der Waals surface area contributed by atoms with E-state index in [-0.39, 0.29) is 5.91 Å². The van der Waals surface area contributed by atoms with Gasteiger partial charge in [-0.25, -0.2) is 4.98 Å². The Bertz CT molecular complexity index is 607. The summed E-state index contributed by atoms with van der Waals surface area (Å²) in [6.45, 7) is 3.71. The minimum Gasteiger partial charge on any atom is -0.324 e. The van der Waals surface area contributed by atoms with Gasteiger partial charge in [0.05, 0.1) is 17.3 Å². The van der Waals surface area contributed by atoms with E-state index in [0.717, 1.165) is 5.56 Å². The maximum Gasteiger partial charge on any atom is 0.234 e. The van der Waals surface area contributed by atoms with Crippen LogP contribution in [-0.2, 0) is 10.2 Å². The summed E-state index contributed by atoms with van der Waals surface area (Å²) in [6.07, 6.45) is 1.53. The number of carbonyl (C=O) groups is 1. The summed E-state index contributed by atoms with van der Waals surface area (Å²) < 4.78 is 0. The van der Waals surface area contributed by atoms with Crippen molar-refractivity contribution in [3.05, 3.63) is 58.3 Å². The van der Waals surface area contributed by atoms with Crippen LogP contribution in [0.4, 0.5) is 5.69 Å². The number of benzene rings is 1. The molecule has 0 bridgehead atoms. The zero-order chi connectivity index (χ0) is 14.8. The van der Waals surface area contributed by atoms with Gasteiger partial charge in [0.15, 0.2) is 0 Å². The molecule has 0 saturated heterocycles. The van der Waals surface area contributed by atoms with Crippen molar-refractivity contribution >= 4 is 34.8 Å². The topological polar surface area (TPSA) is 42.0 Å². The average molecular weight is 309 g/mol. The molecule has 0 aliphatic carbocycles. The van der Waals surface area contributed by atoms with Gasteiger partial charge < -0.3 is 5.32 Å². The van der Waals surface area contributed by atoms with Crippen molar-refractivity contribution in [2.75, 3.05) is 5.32 Å². The highest BCUT2D eigenvalue weighted by atomic mass is 35.5. The molecule has 0 unspecified atom stereocenters. The summed E-state index contributed by atoms with van der Waals surface area (Å²) in [4.78, 5) is 16.3. The van der Waals surface area contributed by atoms with Crippen molar-refractivity contribution in [2.24, 2.45) is 0 Å². The van der Waals surface area contributed by atoms with Gasteiger partial charge in [0, 0.05) is 5.02 Å². The maximum absolute atomic E-state index is 12.4. The van der Waals surface area contributed by atoms with E-state index in [1.807, 2.05) is 26.0 Å². The number of pyridine rings is 1. The van der Waals surface area contributed by atoms with Crippen molar-refractivity contribution < 1.29 is 4.79 Å². The highest BCUT2D eigenvalue weighted by Gasteiger charge is 2.29. The minimum absolute atomic E-state index is 0.121. The van der Waals surface area contributed by atoms with E-state index in [0.29, 0.717) is 15.9 Å². The summed E-state index contributed by atoms with van der Waals surface area (Å²) in [7, 11) is 0. The fourth-order valence-electron chi connectivity index (χ4n) is 1.73. The van der Waals surface area contributed by atoms with Crippen LogP contribution in [0.15, 0.2) is 42.6 Å². The Balaban J connectivity index is 2.18. The normalized spacial score (nSPS) is 11.2. The SMILES string of the molecule is CC(C)(C(=O)Nc1ccc(Cl)nc1)c1ccc(Cl)cc1. The molecule has 0 aliphatic heterocycles. The summed E-state index contributed by atoms with van der Waals surface area (Å²) in [5.41, 5.74) is 0.826. The molecule has 0 saturated carbocycles. The molecule has 1 heterocycles. The van der Waals surface area contributed by atoms with Crippen LogP contribution in [0.5, 0.6) is 0 Å². The number of nitrogens with zero attached hydrogens (tertiary/aromatic N) is 1. The third kappa shape index (κ3) is 3.30. The Morgan fingerprint density at radius 1 is 1.10 bits per heavy atom. The van der Waals surface area contributed by atoms with Gasteiger partial charge in [-0.3, -0.25) is 4.79 Å². The Labute approximate surface area is 127 Å². The third-order valence-electron chi connectivity index (χ3n) is 3.12. The molecule has 1 N–H and O–H groups in total. The molecule has 0 atom stereocenters. The van der Waals surface area contributed by atoms with Gasteiger partial charge in [0.2, 0.25) is 5.91 Å². The average Bonchev–Trinajstić information content (AvgIpc) is 2.42. The zero-order valence-electron chi connectivity index (χ0n) is 11.2. The second kappa shape index (κ2) is 5.81. The van der Waals surface area contributed by atoms with E-state index in [4.69, 9.17) is 23.2 Å². The third-order valence-corrected chi connectivity index (χ3v) is 3.59. The molecule has 5 heteroatoms. The maximum atomic E-state index is 12.4. The number of nitrogens with one attached hydrogen (secondary N) is 1. The molecule has 1 aromatic carbocycles. The van der Waals surface area contributed by atoms with Crippen LogP contribution in [0.25, 0.3) is 0 Å². The lowest BCUT2D eigenvalue weighted by Crippen LogP contribution is -2.34. The second-order valence-corrected chi connectivity index (χ2v) is 5.78. The number of halogens is 2. The van der Waals surface area contributed by atoms with E-state index in [9.17, 15) is 4.79 Å². The van der Waals surface area contributed by atoms with Crippen molar-refractivity contribution in [1.82, 2.24) is 4.98 Å². The Kier molecular flexibility index (Phi) is 4.31. The number of rotatable bonds is 3. The molecule has 0 radical (unpaired) electrons. The number of amides is 1. The molecule has 0 fully saturated rings. The van der Waals surface area contributed by atoms with Crippen LogP contribution in [0.2, 0.25) is 10.2 Å². The first kappa shape index (κ1) is 14.8. The molecule has 1 amide bonds. The largest absolute Gasteiger partial charge is 0.324 e. The summed E-state index contributed by atoms with van der Waals surface area (Å²) in [5, 5.41) is 3.86. The highest BCUT2D eigenvalue weighted by molar-refractivity contribution is 6.30. The molecular weight excluding hydrogens is 295 g/mol. The van der Waals surface area contributed by atoms with E-state index >= 15 is 0 Å². The van der Waals surface area contributed by atoms with Gasteiger partial charge in [-0.15, -0.1) is 0 Å². The number of hydrogen-bond donors (Lipinski definition) is 1. The van der Waals surface area contributed by atoms with Crippen molar-refractivity contribution in [3.63, 3.8) is 0 Å². The molecule has 104 valence electrons. The van der Waals surface area contributed by atoms with Gasteiger partial charge >= 0.3 is 0 Å². The Hall–Kier alpha value is -1.58.